The molecule has 6 heteroatoms. The lowest BCUT2D eigenvalue weighted by atomic mass is 9.87. The molecule has 3 aromatic rings. The average molecular weight is 464 g/mol. The number of aromatic amines is 1. The third-order valence-corrected chi connectivity index (χ3v) is 6.88. The van der Waals surface area contributed by atoms with Gasteiger partial charge in [-0.1, -0.05) is 19.9 Å². The number of H-pyrrole nitrogens is 1. The van der Waals surface area contributed by atoms with E-state index in [2.05, 4.69) is 43.1 Å². The number of piperidine rings is 1. The number of hydrogen-bond acceptors (Lipinski definition) is 4. The molecule has 0 atom stereocenters. The molecule has 182 valence electrons. The second kappa shape index (κ2) is 10.1. The second-order valence-corrected chi connectivity index (χ2v) is 9.84. The zero-order valence-electron chi connectivity index (χ0n) is 21.3. The number of amides is 1. The summed E-state index contributed by atoms with van der Waals surface area (Å²) >= 11 is 0. The van der Waals surface area contributed by atoms with Crippen molar-refractivity contribution in [2.24, 2.45) is 0 Å². The van der Waals surface area contributed by atoms with E-state index in [1.807, 2.05) is 36.0 Å². The fraction of sp³-hybridized carbons (Fsp3) is 0.464. The summed E-state index contributed by atoms with van der Waals surface area (Å²) < 4.78 is 11.0. The Kier molecular flexibility index (Phi) is 7.17. The predicted octanol–water partition coefficient (Wildman–Crippen LogP) is 5.24. The Morgan fingerprint density at radius 3 is 2.38 bits per heavy atom. The summed E-state index contributed by atoms with van der Waals surface area (Å²) in [5.74, 6) is 2.52. The summed E-state index contributed by atoms with van der Waals surface area (Å²) in [7, 11) is 7.21. The fourth-order valence-electron chi connectivity index (χ4n) is 5.14. The predicted molar refractivity (Wildman–Crippen MR) is 138 cm³/mol. The minimum absolute atomic E-state index is 0.228. The maximum absolute atomic E-state index is 12.4. The second-order valence-electron chi connectivity index (χ2n) is 9.84. The smallest absolute Gasteiger partial charge is 0.236 e. The summed E-state index contributed by atoms with van der Waals surface area (Å²) in [6, 6.07) is 12.9. The van der Waals surface area contributed by atoms with Crippen LogP contribution in [0.3, 0.4) is 0 Å². The Morgan fingerprint density at radius 1 is 1.06 bits per heavy atom. The molecule has 6 nitrogen and oxygen atoms in total. The number of carbonyl (C=O) groups excluding carboxylic acids is 1. The van der Waals surface area contributed by atoms with Crippen LogP contribution < -0.4 is 9.47 Å². The van der Waals surface area contributed by atoms with Crippen molar-refractivity contribution in [3.05, 3.63) is 47.5 Å². The van der Waals surface area contributed by atoms with E-state index in [4.69, 9.17) is 9.47 Å². The Hall–Kier alpha value is -2.99. The van der Waals surface area contributed by atoms with Gasteiger partial charge in [0.25, 0.3) is 0 Å². The number of likely N-dealkylation sites (tertiary alicyclic amines) is 1. The highest BCUT2D eigenvalue weighted by Crippen LogP contribution is 2.40. The van der Waals surface area contributed by atoms with Crippen LogP contribution in [0, 0.1) is 0 Å². The van der Waals surface area contributed by atoms with Crippen LogP contribution in [0.1, 0.15) is 49.7 Å². The molecule has 0 spiro atoms. The molecule has 1 aromatic heterocycles. The Balaban J connectivity index is 1.64. The maximum Gasteiger partial charge on any atom is 0.236 e. The summed E-state index contributed by atoms with van der Waals surface area (Å²) in [6.45, 7) is 6.63. The van der Waals surface area contributed by atoms with Crippen molar-refractivity contribution in [2.75, 3.05) is 47.9 Å². The molecule has 2 heterocycles. The summed E-state index contributed by atoms with van der Waals surface area (Å²) in [4.78, 5) is 20.1. The maximum atomic E-state index is 12.4. The first kappa shape index (κ1) is 24.1. The molecule has 2 aromatic carbocycles. The van der Waals surface area contributed by atoms with Crippen molar-refractivity contribution in [2.45, 2.75) is 38.5 Å². The fourth-order valence-corrected chi connectivity index (χ4v) is 5.14. The normalized spacial score (nSPS) is 14.9. The van der Waals surface area contributed by atoms with Gasteiger partial charge in [0.2, 0.25) is 5.91 Å². The average Bonchev–Trinajstić information content (AvgIpc) is 3.22. The number of aromatic nitrogens is 1. The lowest BCUT2D eigenvalue weighted by Crippen LogP contribution is -2.42. The number of carbonyl (C=O) groups is 1. The molecule has 1 saturated heterocycles. The summed E-state index contributed by atoms with van der Waals surface area (Å²) in [5, 5.41) is 1.28. The number of benzene rings is 2. The van der Waals surface area contributed by atoms with Crippen LogP contribution >= 0.6 is 0 Å². The lowest BCUT2D eigenvalue weighted by Gasteiger charge is -2.33. The van der Waals surface area contributed by atoms with Gasteiger partial charge in [-0.2, -0.15) is 0 Å². The van der Waals surface area contributed by atoms with E-state index in [0.29, 0.717) is 18.4 Å². The minimum atomic E-state index is 0.228. The molecule has 0 unspecified atom stereocenters. The quantitative estimate of drug-likeness (QED) is 0.520. The largest absolute Gasteiger partial charge is 0.493 e. The highest BCUT2D eigenvalue weighted by molar-refractivity contribution is 5.92. The van der Waals surface area contributed by atoms with Gasteiger partial charge in [0.1, 0.15) is 0 Å². The van der Waals surface area contributed by atoms with Gasteiger partial charge >= 0.3 is 0 Å². The number of fused-ring (bicyclic) bond motifs is 1. The third kappa shape index (κ3) is 4.78. The molecule has 0 saturated carbocycles. The molecule has 34 heavy (non-hydrogen) atoms. The molecular formula is C28H37N3O3. The minimum Gasteiger partial charge on any atom is -0.493 e. The van der Waals surface area contributed by atoms with Crippen molar-refractivity contribution in [1.82, 2.24) is 14.8 Å². The van der Waals surface area contributed by atoms with Gasteiger partial charge in [-0.25, -0.2) is 0 Å². The first-order valence-electron chi connectivity index (χ1n) is 12.1. The highest BCUT2D eigenvalue weighted by atomic mass is 16.5. The summed E-state index contributed by atoms with van der Waals surface area (Å²) in [5.41, 5.74) is 6.06. The Bertz CT molecular complexity index is 1160. The molecule has 0 bridgehead atoms. The Labute approximate surface area is 202 Å². The van der Waals surface area contributed by atoms with E-state index in [9.17, 15) is 4.79 Å². The highest BCUT2D eigenvalue weighted by Gasteiger charge is 2.25. The lowest BCUT2D eigenvalue weighted by molar-refractivity contribution is -0.132. The van der Waals surface area contributed by atoms with Crippen molar-refractivity contribution >= 4 is 16.8 Å². The van der Waals surface area contributed by atoms with Crippen molar-refractivity contribution < 1.29 is 14.3 Å². The molecule has 1 N–H and O–H groups in total. The van der Waals surface area contributed by atoms with Crippen LogP contribution in [0.4, 0.5) is 0 Å². The third-order valence-electron chi connectivity index (χ3n) is 6.88. The number of likely N-dealkylation sites (N-methyl/N-ethyl adjacent to an activating group) is 1. The van der Waals surface area contributed by atoms with Crippen LogP contribution in [-0.2, 0) is 4.79 Å². The van der Waals surface area contributed by atoms with Gasteiger partial charge in [-0.05, 0) is 80.2 Å². The molecule has 1 fully saturated rings. The van der Waals surface area contributed by atoms with E-state index in [0.717, 1.165) is 54.2 Å². The van der Waals surface area contributed by atoms with Crippen LogP contribution in [0.25, 0.3) is 22.2 Å². The molecule has 0 aliphatic carbocycles. The van der Waals surface area contributed by atoms with Crippen molar-refractivity contribution in [1.29, 1.82) is 0 Å². The van der Waals surface area contributed by atoms with E-state index in [-0.39, 0.29) is 5.91 Å². The number of ether oxygens (including phenoxy) is 2. The van der Waals surface area contributed by atoms with E-state index >= 15 is 0 Å². The van der Waals surface area contributed by atoms with Crippen molar-refractivity contribution in [3.63, 3.8) is 0 Å². The molecule has 0 radical (unpaired) electrons. The van der Waals surface area contributed by atoms with E-state index in [1.165, 1.54) is 16.5 Å². The number of rotatable bonds is 7. The van der Waals surface area contributed by atoms with Gasteiger partial charge in [-0.15, -0.1) is 0 Å². The number of methoxy groups -OCH3 is 2. The monoisotopic (exact) mass is 463 g/mol. The van der Waals surface area contributed by atoms with Gasteiger partial charge in [0.05, 0.1) is 26.5 Å². The standard InChI is InChI=1S/C28H37N3O3/c1-18(2)27-22-15-20(19-11-13-31(14-12-19)26(32)17-30(3)4)7-9-23(22)29-28(27)21-8-10-24(33-5)25(16-21)34-6/h7-10,15-16,18-19,29H,11-14,17H2,1-6H3. The topological polar surface area (TPSA) is 57.8 Å². The number of nitrogens with zero attached hydrogens (tertiary/aromatic N) is 2. The van der Waals surface area contributed by atoms with Crippen molar-refractivity contribution in [3.8, 4) is 22.8 Å². The molecular weight excluding hydrogens is 426 g/mol. The number of hydrogen-bond donors (Lipinski definition) is 1. The first-order chi connectivity index (χ1) is 16.3. The van der Waals surface area contributed by atoms with Gasteiger partial charge in [-0.3, -0.25) is 4.79 Å². The van der Waals surface area contributed by atoms with Gasteiger partial charge in [0, 0.05) is 29.6 Å². The van der Waals surface area contributed by atoms with E-state index < -0.39 is 0 Å². The zero-order valence-corrected chi connectivity index (χ0v) is 21.3. The Morgan fingerprint density at radius 2 is 1.76 bits per heavy atom. The van der Waals surface area contributed by atoms with Crippen LogP contribution in [0.2, 0.25) is 0 Å². The molecule has 1 aliphatic heterocycles. The molecule has 1 aliphatic rings. The first-order valence-corrected chi connectivity index (χ1v) is 12.1. The van der Waals surface area contributed by atoms with E-state index in [1.54, 1.807) is 14.2 Å². The molecule has 4 rings (SSSR count). The van der Waals surface area contributed by atoms with Crippen LogP contribution in [0.5, 0.6) is 11.5 Å². The van der Waals surface area contributed by atoms with Crippen LogP contribution in [0.15, 0.2) is 36.4 Å². The molecule has 1 amide bonds. The zero-order chi connectivity index (χ0) is 24.4. The number of nitrogens with one attached hydrogen (secondary N) is 1. The van der Waals surface area contributed by atoms with Gasteiger partial charge in [0.15, 0.2) is 11.5 Å². The van der Waals surface area contributed by atoms with Gasteiger partial charge < -0.3 is 24.3 Å². The SMILES string of the molecule is COc1ccc(-c2[nH]c3ccc(C4CCN(C(=O)CN(C)C)CC4)cc3c2C(C)C)cc1OC. The summed E-state index contributed by atoms with van der Waals surface area (Å²) in [6.07, 6.45) is 2.02. The van der Waals surface area contributed by atoms with Crippen LogP contribution in [-0.4, -0.2) is 68.6 Å².